The highest BCUT2D eigenvalue weighted by molar-refractivity contribution is 5.94. The van der Waals surface area contributed by atoms with Crippen LogP contribution in [0.4, 0.5) is 24.7 Å². The van der Waals surface area contributed by atoms with Gasteiger partial charge in [-0.1, -0.05) is 26.0 Å². The van der Waals surface area contributed by atoms with Gasteiger partial charge in [0.25, 0.3) is 0 Å². The van der Waals surface area contributed by atoms with Gasteiger partial charge in [-0.05, 0) is 49.4 Å². The fourth-order valence-electron chi connectivity index (χ4n) is 4.35. The van der Waals surface area contributed by atoms with Gasteiger partial charge >= 0.3 is 12.1 Å². The lowest BCUT2D eigenvalue weighted by Gasteiger charge is -2.37. The minimum absolute atomic E-state index is 0.0197. The molecular formula is C26H27F3N2O4. The molecule has 1 fully saturated rings. The topological polar surface area (TPSA) is 82.8 Å². The number of alkyl halides is 3. The second-order valence-corrected chi connectivity index (χ2v) is 9.76. The van der Waals surface area contributed by atoms with Crippen LogP contribution in [0.1, 0.15) is 61.1 Å². The number of carboxylic acid groups (broad SMARTS) is 1. The highest BCUT2D eigenvalue weighted by atomic mass is 19.4. The molecule has 1 aliphatic rings. The van der Waals surface area contributed by atoms with Crippen molar-refractivity contribution in [1.82, 2.24) is 0 Å². The molecule has 1 unspecified atom stereocenters. The number of nitrogens with one attached hydrogen (secondary N) is 1. The van der Waals surface area contributed by atoms with E-state index in [1.807, 2.05) is 4.90 Å². The lowest BCUT2D eigenvalue weighted by molar-refractivity contribution is -0.137. The van der Waals surface area contributed by atoms with Crippen molar-refractivity contribution in [2.24, 2.45) is 5.41 Å². The van der Waals surface area contributed by atoms with Gasteiger partial charge in [-0.2, -0.15) is 13.2 Å². The van der Waals surface area contributed by atoms with Crippen LogP contribution in [-0.4, -0.2) is 24.2 Å². The lowest BCUT2D eigenvalue weighted by atomic mass is 9.83. The van der Waals surface area contributed by atoms with Crippen LogP contribution in [-0.2, 0) is 6.18 Å². The van der Waals surface area contributed by atoms with E-state index in [2.05, 4.69) is 19.2 Å². The van der Waals surface area contributed by atoms with E-state index in [4.69, 9.17) is 4.42 Å². The number of hydrogen-bond donors (Lipinski definition) is 2. The van der Waals surface area contributed by atoms with E-state index >= 15 is 0 Å². The highest BCUT2D eigenvalue weighted by Crippen LogP contribution is 2.38. The molecule has 1 atom stereocenters. The van der Waals surface area contributed by atoms with Crippen molar-refractivity contribution in [3.05, 3.63) is 69.4 Å². The average molecular weight is 489 g/mol. The number of piperidine rings is 1. The standard InChI is InChI=1S/C26H27F3N2O4/c1-15(30-20-7-5-4-6-17(20)24(33)34)18-12-16(26(27,28)29)13-19-21(32)14-22(35-23(18)19)31-10-8-25(2,3)9-11-31/h4-7,12-15,30H,8-11H2,1-3H3,(H,33,34). The average Bonchev–Trinajstić information content (AvgIpc) is 2.78. The molecular weight excluding hydrogens is 461 g/mol. The van der Waals surface area contributed by atoms with Crippen molar-refractivity contribution in [2.75, 3.05) is 23.3 Å². The van der Waals surface area contributed by atoms with Gasteiger partial charge in [0.05, 0.1) is 22.6 Å². The van der Waals surface area contributed by atoms with Gasteiger partial charge in [0, 0.05) is 30.4 Å². The van der Waals surface area contributed by atoms with Crippen molar-refractivity contribution >= 4 is 28.5 Å². The van der Waals surface area contributed by atoms with Gasteiger partial charge in [-0.15, -0.1) is 0 Å². The lowest BCUT2D eigenvalue weighted by Crippen LogP contribution is -2.37. The second kappa shape index (κ2) is 8.94. The van der Waals surface area contributed by atoms with Gasteiger partial charge in [0.1, 0.15) is 5.58 Å². The third kappa shape index (κ3) is 5.13. The fraction of sp³-hybridized carbons (Fsp3) is 0.385. The van der Waals surface area contributed by atoms with E-state index in [9.17, 15) is 27.9 Å². The molecule has 0 aliphatic carbocycles. The predicted octanol–water partition coefficient (Wildman–Crippen LogP) is 6.31. The number of benzene rings is 2. The van der Waals surface area contributed by atoms with Crippen LogP contribution in [0, 0.1) is 5.41 Å². The maximum Gasteiger partial charge on any atom is 0.416 e. The van der Waals surface area contributed by atoms with Gasteiger partial charge < -0.3 is 19.7 Å². The summed E-state index contributed by atoms with van der Waals surface area (Å²) in [7, 11) is 0. The second-order valence-electron chi connectivity index (χ2n) is 9.76. The first-order chi connectivity index (χ1) is 16.4. The predicted molar refractivity (Wildman–Crippen MR) is 128 cm³/mol. The van der Waals surface area contributed by atoms with Crippen LogP contribution in [0.5, 0.6) is 0 Å². The molecule has 2 aromatic carbocycles. The Bertz CT molecular complexity index is 1320. The Balaban J connectivity index is 1.83. The van der Waals surface area contributed by atoms with Gasteiger partial charge in [-0.25, -0.2) is 4.79 Å². The van der Waals surface area contributed by atoms with E-state index in [0.717, 1.165) is 25.0 Å². The molecule has 3 aromatic rings. The summed E-state index contributed by atoms with van der Waals surface area (Å²) >= 11 is 0. The molecule has 0 bridgehead atoms. The number of rotatable bonds is 5. The molecule has 1 aliphatic heterocycles. The van der Waals surface area contributed by atoms with Crippen LogP contribution >= 0.6 is 0 Å². The monoisotopic (exact) mass is 488 g/mol. The summed E-state index contributed by atoms with van der Waals surface area (Å²) in [5.74, 6) is -0.854. The van der Waals surface area contributed by atoms with Crippen LogP contribution in [0.2, 0.25) is 0 Å². The smallest absolute Gasteiger partial charge is 0.416 e. The minimum atomic E-state index is -4.68. The molecule has 6 nitrogen and oxygen atoms in total. The number of hydrogen-bond acceptors (Lipinski definition) is 5. The largest absolute Gasteiger partial charge is 0.478 e. The van der Waals surface area contributed by atoms with E-state index < -0.39 is 29.2 Å². The van der Waals surface area contributed by atoms with Gasteiger partial charge in [-0.3, -0.25) is 4.79 Å². The molecule has 35 heavy (non-hydrogen) atoms. The van der Waals surface area contributed by atoms with Crippen molar-refractivity contribution in [3.8, 4) is 0 Å². The van der Waals surface area contributed by atoms with Crippen molar-refractivity contribution in [2.45, 2.75) is 45.8 Å². The molecule has 1 saturated heterocycles. The van der Waals surface area contributed by atoms with Crippen molar-refractivity contribution in [3.63, 3.8) is 0 Å². The molecule has 2 N–H and O–H groups in total. The molecule has 0 spiro atoms. The SMILES string of the molecule is CC(Nc1ccccc1C(=O)O)c1cc(C(F)(F)F)cc2c(=O)cc(N3CCC(C)(C)CC3)oc12. The number of nitrogens with zero attached hydrogens (tertiary/aromatic N) is 1. The van der Waals surface area contributed by atoms with Gasteiger partial charge in [0.2, 0.25) is 0 Å². The molecule has 2 heterocycles. The zero-order valence-electron chi connectivity index (χ0n) is 19.7. The molecule has 1 aromatic heterocycles. The molecule has 9 heteroatoms. The number of carboxylic acids is 1. The normalized spacial score (nSPS) is 16.8. The Morgan fingerprint density at radius 2 is 1.80 bits per heavy atom. The maximum absolute atomic E-state index is 13.7. The van der Waals surface area contributed by atoms with Crippen molar-refractivity contribution < 1.29 is 27.5 Å². The molecule has 0 amide bonds. The maximum atomic E-state index is 13.7. The summed E-state index contributed by atoms with van der Waals surface area (Å²) in [6.45, 7) is 7.26. The summed E-state index contributed by atoms with van der Waals surface area (Å²) < 4.78 is 47.2. The zero-order valence-corrected chi connectivity index (χ0v) is 19.7. The molecule has 186 valence electrons. The quantitative estimate of drug-likeness (QED) is 0.438. The van der Waals surface area contributed by atoms with E-state index in [-0.39, 0.29) is 33.2 Å². The molecule has 4 rings (SSSR count). The van der Waals surface area contributed by atoms with Gasteiger partial charge in [0.15, 0.2) is 11.3 Å². The Kier molecular flexibility index (Phi) is 6.29. The zero-order chi connectivity index (χ0) is 25.5. The summed E-state index contributed by atoms with van der Waals surface area (Å²) in [5.41, 5.74) is -0.972. The number of fused-ring (bicyclic) bond motifs is 1. The molecule has 0 saturated carbocycles. The van der Waals surface area contributed by atoms with Crippen molar-refractivity contribution in [1.29, 1.82) is 0 Å². The Hall–Kier alpha value is -3.49. The Morgan fingerprint density at radius 3 is 2.43 bits per heavy atom. The number of para-hydroxylation sites is 1. The van der Waals surface area contributed by atoms with E-state index in [1.54, 1.807) is 19.1 Å². The van der Waals surface area contributed by atoms with Crippen LogP contribution in [0.3, 0.4) is 0 Å². The van der Waals surface area contributed by atoms with E-state index in [1.165, 1.54) is 18.2 Å². The first-order valence-electron chi connectivity index (χ1n) is 11.4. The first kappa shape index (κ1) is 24.6. The number of carbonyl (C=O) groups is 1. The molecule has 0 radical (unpaired) electrons. The van der Waals surface area contributed by atoms with Crippen LogP contribution in [0.25, 0.3) is 11.0 Å². The number of anilines is 2. The number of halogens is 3. The summed E-state index contributed by atoms with van der Waals surface area (Å²) in [6, 6.07) is 8.35. The van der Waals surface area contributed by atoms with Crippen LogP contribution in [0.15, 0.2) is 51.7 Å². The third-order valence-corrected chi connectivity index (χ3v) is 6.60. The summed E-state index contributed by atoms with van der Waals surface area (Å²) in [4.78, 5) is 26.5. The Morgan fingerprint density at radius 1 is 1.14 bits per heavy atom. The fourth-order valence-corrected chi connectivity index (χ4v) is 4.35. The first-order valence-corrected chi connectivity index (χ1v) is 11.4. The Labute approximate surface area is 200 Å². The third-order valence-electron chi connectivity index (χ3n) is 6.60. The summed E-state index contributed by atoms with van der Waals surface area (Å²) in [6.07, 6.45) is -2.90. The summed E-state index contributed by atoms with van der Waals surface area (Å²) in [5, 5.41) is 12.3. The minimum Gasteiger partial charge on any atom is -0.478 e. The van der Waals surface area contributed by atoms with Crippen LogP contribution < -0.4 is 15.6 Å². The highest BCUT2D eigenvalue weighted by Gasteiger charge is 2.33. The van der Waals surface area contributed by atoms with E-state index in [0.29, 0.717) is 19.0 Å². The number of aromatic carboxylic acids is 1.